The third kappa shape index (κ3) is 0.993. The van der Waals surface area contributed by atoms with E-state index in [9.17, 15) is 4.79 Å². The van der Waals surface area contributed by atoms with E-state index < -0.39 is 0 Å². The Labute approximate surface area is 69.0 Å². The van der Waals surface area contributed by atoms with Crippen molar-refractivity contribution in [3.05, 3.63) is 30.0 Å². The molecule has 0 aliphatic heterocycles. The largest absolute Gasteiger partial charge is 0.360 e. The Hall–Kier alpha value is -1.64. The molecule has 1 aromatic carbocycles. The number of hydrogen-bond donors (Lipinski definition) is 0. The zero-order valence-electron chi connectivity index (χ0n) is 6.36. The summed E-state index contributed by atoms with van der Waals surface area (Å²) in [7, 11) is 0. The highest BCUT2D eigenvalue weighted by atomic mass is 16.5. The van der Waals surface area contributed by atoms with Gasteiger partial charge < -0.3 is 9.32 Å². The van der Waals surface area contributed by atoms with Crippen molar-refractivity contribution >= 4 is 17.2 Å². The molecule has 12 heavy (non-hydrogen) atoms. The monoisotopic (exact) mass is 161 g/mol. The van der Waals surface area contributed by atoms with Crippen LogP contribution in [0, 0.1) is 0 Å². The number of carbonyl (C=O) groups excluding carboxylic acids is 1. The van der Waals surface area contributed by atoms with Gasteiger partial charge in [0.05, 0.1) is 6.42 Å². The molecule has 3 nitrogen and oxygen atoms in total. The maximum atomic E-state index is 10.2. The highest BCUT2D eigenvalue weighted by Gasteiger charge is 2.05. The molecular weight excluding hydrogens is 154 g/mol. The summed E-state index contributed by atoms with van der Waals surface area (Å²) in [6.45, 7) is 0. The van der Waals surface area contributed by atoms with E-state index in [2.05, 4.69) is 5.16 Å². The van der Waals surface area contributed by atoms with E-state index in [1.807, 2.05) is 24.3 Å². The number of aromatic nitrogens is 1. The number of rotatable bonds is 2. The predicted octanol–water partition coefficient (Wildman–Crippen LogP) is 1.57. The van der Waals surface area contributed by atoms with Gasteiger partial charge in [-0.05, 0) is 12.1 Å². The minimum absolute atomic E-state index is 0.292. The minimum Gasteiger partial charge on any atom is -0.360 e. The first-order chi connectivity index (χ1) is 5.92. The Morgan fingerprint density at radius 2 is 2.25 bits per heavy atom. The topological polar surface area (TPSA) is 43.1 Å². The third-order valence-electron chi connectivity index (χ3n) is 1.73. The molecule has 0 aliphatic carbocycles. The van der Waals surface area contributed by atoms with E-state index in [1.165, 1.54) is 0 Å². The zero-order chi connectivity index (χ0) is 8.39. The number of aldehydes is 1. The van der Waals surface area contributed by atoms with Gasteiger partial charge in [0.25, 0.3) is 0 Å². The summed E-state index contributed by atoms with van der Waals surface area (Å²) in [4.78, 5) is 10.2. The molecule has 1 aromatic heterocycles. The van der Waals surface area contributed by atoms with Crippen molar-refractivity contribution in [1.82, 2.24) is 5.16 Å². The standard InChI is InChI=1S/C9H7NO2/c11-6-5-9-7-3-1-2-4-8(7)10-12-9/h1-4,6H,5H2. The normalized spacial score (nSPS) is 10.3. The Bertz CT molecular complexity index is 406. The molecule has 2 rings (SSSR count). The smallest absolute Gasteiger partial charge is 0.151 e. The van der Waals surface area contributed by atoms with E-state index in [0.717, 1.165) is 17.2 Å². The fraction of sp³-hybridized carbons (Fsp3) is 0.111. The van der Waals surface area contributed by atoms with Crippen LogP contribution in [0.5, 0.6) is 0 Å². The molecule has 0 N–H and O–H groups in total. The van der Waals surface area contributed by atoms with E-state index in [4.69, 9.17) is 4.52 Å². The molecule has 0 unspecified atom stereocenters. The summed E-state index contributed by atoms with van der Waals surface area (Å²) >= 11 is 0. The molecule has 0 saturated heterocycles. The first-order valence-corrected chi connectivity index (χ1v) is 3.69. The molecule has 0 saturated carbocycles. The predicted molar refractivity (Wildman–Crippen MR) is 43.8 cm³/mol. The summed E-state index contributed by atoms with van der Waals surface area (Å²) < 4.78 is 4.97. The van der Waals surface area contributed by atoms with Crippen LogP contribution in [-0.4, -0.2) is 11.4 Å². The molecule has 2 aromatic rings. The first kappa shape index (κ1) is 7.03. The van der Waals surface area contributed by atoms with E-state index in [-0.39, 0.29) is 0 Å². The highest BCUT2D eigenvalue weighted by molar-refractivity contribution is 5.82. The molecular formula is C9H7NO2. The van der Waals surface area contributed by atoms with Crippen LogP contribution in [-0.2, 0) is 11.2 Å². The lowest BCUT2D eigenvalue weighted by Crippen LogP contribution is -1.81. The molecule has 3 heteroatoms. The Morgan fingerprint density at radius 1 is 1.42 bits per heavy atom. The van der Waals surface area contributed by atoms with Gasteiger partial charge in [-0.25, -0.2) is 0 Å². The maximum Gasteiger partial charge on any atom is 0.151 e. The summed E-state index contributed by atoms with van der Waals surface area (Å²) in [5, 5.41) is 4.72. The van der Waals surface area contributed by atoms with Crippen molar-refractivity contribution in [2.75, 3.05) is 0 Å². The Balaban J connectivity index is 2.62. The number of hydrogen-bond acceptors (Lipinski definition) is 3. The molecule has 60 valence electrons. The van der Waals surface area contributed by atoms with Gasteiger partial charge in [0.15, 0.2) is 5.76 Å². The lowest BCUT2D eigenvalue weighted by molar-refractivity contribution is -0.107. The van der Waals surface area contributed by atoms with Gasteiger partial charge in [0.1, 0.15) is 11.8 Å². The average molecular weight is 161 g/mol. The van der Waals surface area contributed by atoms with Gasteiger partial charge in [-0.2, -0.15) is 0 Å². The molecule has 0 aliphatic rings. The second-order valence-corrected chi connectivity index (χ2v) is 2.49. The van der Waals surface area contributed by atoms with Crippen molar-refractivity contribution in [3.8, 4) is 0 Å². The maximum absolute atomic E-state index is 10.2. The summed E-state index contributed by atoms with van der Waals surface area (Å²) in [6.07, 6.45) is 1.10. The molecule has 0 radical (unpaired) electrons. The van der Waals surface area contributed by atoms with Crippen LogP contribution in [0.15, 0.2) is 28.8 Å². The van der Waals surface area contributed by atoms with E-state index in [0.29, 0.717) is 12.2 Å². The van der Waals surface area contributed by atoms with Crippen LogP contribution in [0.1, 0.15) is 5.76 Å². The van der Waals surface area contributed by atoms with Crippen molar-refractivity contribution in [1.29, 1.82) is 0 Å². The van der Waals surface area contributed by atoms with Crippen LogP contribution in [0.4, 0.5) is 0 Å². The van der Waals surface area contributed by atoms with Gasteiger partial charge in [0, 0.05) is 5.39 Å². The fourth-order valence-corrected chi connectivity index (χ4v) is 1.17. The molecule has 0 bridgehead atoms. The van der Waals surface area contributed by atoms with Crippen LogP contribution in [0.3, 0.4) is 0 Å². The third-order valence-corrected chi connectivity index (χ3v) is 1.73. The minimum atomic E-state index is 0.292. The Morgan fingerprint density at radius 3 is 3.08 bits per heavy atom. The molecule has 0 spiro atoms. The summed E-state index contributed by atoms with van der Waals surface area (Å²) in [5.41, 5.74) is 0.800. The number of nitrogens with zero attached hydrogens (tertiary/aromatic N) is 1. The first-order valence-electron chi connectivity index (χ1n) is 3.69. The second kappa shape index (κ2) is 2.77. The number of carbonyl (C=O) groups is 1. The Kier molecular flexibility index (Phi) is 1.63. The van der Waals surface area contributed by atoms with Crippen molar-refractivity contribution < 1.29 is 9.32 Å². The van der Waals surface area contributed by atoms with E-state index in [1.54, 1.807) is 0 Å². The van der Waals surface area contributed by atoms with Crippen LogP contribution >= 0.6 is 0 Å². The van der Waals surface area contributed by atoms with Crippen LogP contribution < -0.4 is 0 Å². The van der Waals surface area contributed by atoms with E-state index >= 15 is 0 Å². The van der Waals surface area contributed by atoms with Gasteiger partial charge in [-0.15, -0.1) is 0 Å². The molecule has 1 heterocycles. The van der Waals surface area contributed by atoms with Crippen molar-refractivity contribution in [2.24, 2.45) is 0 Å². The van der Waals surface area contributed by atoms with Gasteiger partial charge >= 0.3 is 0 Å². The second-order valence-electron chi connectivity index (χ2n) is 2.49. The molecule has 0 amide bonds. The summed E-state index contributed by atoms with van der Waals surface area (Å²) in [5.74, 6) is 0.639. The fourth-order valence-electron chi connectivity index (χ4n) is 1.17. The van der Waals surface area contributed by atoms with Crippen molar-refractivity contribution in [2.45, 2.75) is 6.42 Å². The number of benzene rings is 1. The van der Waals surface area contributed by atoms with Gasteiger partial charge in [-0.1, -0.05) is 17.3 Å². The van der Waals surface area contributed by atoms with Gasteiger partial charge in [-0.3, -0.25) is 0 Å². The van der Waals surface area contributed by atoms with Crippen molar-refractivity contribution in [3.63, 3.8) is 0 Å². The quantitative estimate of drug-likeness (QED) is 0.628. The molecule has 0 atom stereocenters. The van der Waals surface area contributed by atoms with Crippen LogP contribution in [0.25, 0.3) is 10.9 Å². The SMILES string of the molecule is O=CCc1onc2ccccc12. The molecule has 0 fully saturated rings. The lowest BCUT2D eigenvalue weighted by atomic mass is 10.2. The lowest BCUT2D eigenvalue weighted by Gasteiger charge is -1.85. The van der Waals surface area contributed by atoms with Crippen LogP contribution in [0.2, 0.25) is 0 Å². The van der Waals surface area contributed by atoms with Gasteiger partial charge in [0.2, 0.25) is 0 Å². The highest BCUT2D eigenvalue weighted by Crippen LogP contribution is 2.16. The average Bonchev–Trinajstić information content (AvgIpc) is 2.50. The summed E-state index contributed by atoms with van der Waals surface area (Å²) in [6, 6.07) is 7.53. The zero-order valence-corrected chi connectivity index (χ0v) is 6.36. The number of fused-ring (bicyclic) bond motifs is 1.